The Hall–Kier alpha value is -0.850. The lowest BCUT2D eigenvalue weighted by atomic mass is 9.96. The van der Waals surface area contributed by atoms with Gasteiger partial charge in [0.15, 0.2) is 0 Å². The maximum atomic E-state index is 4.55. The molecule has 1 rings (SSSR count). The van der Waals surface area contributed by atoms with Crippen molar-refractivity contribution in [3.05, 3.63) is 28.1 Å². The standard InChI is InChI=1S/C12H19N/c1-6-11-8(3)9(4)13-10(5)12(11)7-2/h6-7H2,1-5H3. The van der Waals surface area contributed by atoms with E-state index in [1.54, 1.807) is 0 Å². The molecule has 1 nitrogen and oxygen atoms in total. The van der Waals surface area contributed by atoms with Crippen molar-refractivity contribution >= 4 is 0 Å². The second-order valence-corrected chi connectivity index (χ2v) is 3.57. The zero-order valence-electron chi connectivity index (χ0n) is 9.36. The van der Waals surface area contributed by atoms with Crippen LogP contribution in [0.3, 0.4) is 0 Å². The summed E-state index contributed by atoms with van der Waals surface area (Å²) < 4.78 is 0. The lowest BCUT2D eigenvalue weighted by Crippen LogP contribution is -2.03. The number of hydrogen-bond acceptors (Lipinski definition) is 1. The van der Waals surface area contributed by atoms with Gasteiger partial charge in [-0.1, -0.05) is 13.8 Å². The van der Waals surface area contributed by atoms with Crippen molar-refractivity contribution in [3.8, 4) is 0 Å². The zero-order chi connectivity index (χ0) is 10.0. The van der Waals surface area contributed by atoms with E-state index in [0.717, 1.165) is 12.8 Å². The third-order valence-corrected chi connectivity index (χ3v) is 2.84. The van der Waals surface area contributed by atoms with Gasteiger partial charge in [-0.3, -0.25) is 4.98 Å². The monoisotopic (exact) mass is 177 g/mol. The molecule has 0 saturated heterocycles. The molecule has 1 aromatic rings. The summed E-state index contributed by atoms with van der Waals surface area (Å²) in [5.74, 6) is 0. The fourth-order valence-corrected chi connectivity index (χ4v) is 2.01. The number of pyridine rings is 1. The molecule has 0 aliphatic carbocycles. The number of rotatable bonds is 2. The molecule has 72 valence electrons. The van der Waals surface area contributed by atoms with Crippen LogP contribution in [0.5, 0.6) is 0 Å². The molecule has 0 aliphatic rings. The van der Waals surface area contributed by atoms with Gasteiger partial charge in [0.05, 0.1) is 0 Å². The summed E-state index contributed by atoms with van der Waals surface area (Å²) in [4.78, 5) is 4.55. The first-order valence-electron chi connectivity index (χ1n) is 5.07. The van der Waals surface area contributed by atoms with E-state index < -0.39 is 0 Å². The molecule has 0 bridgehead atoms. The number of aryl methyl sites for hydroxylation is 2. The molecule has 0 amide bonds. The Morgan fingerprint density at radius 2 is 1.38 bits per heavy atom. The smallest absolute Gasteiger partial charge is 0.0410 e. The fourth-order valence-electron chi connectivity index (χ4n) is 2.01. The van der Waals surface area contributed by atoms with Crippen molar-refractivity contribution in [2.24, 2.45) is 0 Å². The van der Waals surface area contributed by atoms with Crippen LogP contribution in [0.1, 0.15) is 41.9 Å². The van der Waals surface area contributed by atoms with E-state index in [9.17, 15) is 0 Å². The molecule has 13 heavy (non-hydrogen) atoms. The van der Waals surface area contributed by atoms with Crippen molar-refractivity contribution in [2.75, 3.05) is 0 Å². The van der Waals surface area contributed by atoms with E-state index in [0.29, 0.717) is 0 Å². The lowest BCUT2D eigenvalue weighted by Gasteiger charge is -2.14. The molecule has 0 spiro atoms. The minimum atomic E-state index is 1.10. The highest BCUT2D eigenvalue weighted by Crippen LogP contribution is 2.20. The van der Waals surface area contributed by atoms with Crippen molar-refractivity contribution in [2.45, 2.75) is 47.5 Å². The van der Waals surface area contributed by atoms with Gasteiger partial charge in [-0.15, -0.1) is 0 Å². The number of aromatic nitrogens is 1. The third-order valence-electron chi connectivity index (χ3n) is 2.84. The molecule has 1 heteroatoms. The largest absolute Gasteiger partial charge is 0.258 e. The van der Waals surface area contributed by atoms with E-state index >= 15 is 0 Å². The van der Waals surface area contributed by atoms with Gasteiger partial charge < -0.3 is 0 Å². The molecular weight excluding hydrogens is 158 g/mol. The van der Waals surface area contributed by atoms with Crippen LogP contribution < -0.4 is 0 Å². The molecule has 1 aromatic heterocycles. The first-order valence-corrected chi connectivity index (χ1v) is 5.07. The SMILES string of the molecule is CCc1c(C)nc(C)c(C)c1CC. The van der Waals surface area contributed by atoms with E-state index in [1.165, 1.54) is 28.1 Å². The maximum Gasteiger partial charge on any atom is 0.0410 e. The van der Waals surface area contributed by atoms with Gasteiger partial charge >= 0.3 is 0 Å². The summed E-state index contributed by atoms with van der Waals surface area (Å²) in [7, 11) is 0. The van der Waals surface area contributed by atoms with Crippen LogP contribution in [-0.4, -0.2) is 4.98 Å². The first kappa shape index (κ1) is 10.2. The quantitative estimate of drug-likeness (QED) is 0.676. The Labute approximate surface area is 81.2 Å². The van der Waals surface area contributed by atoms with Crippen LogP contribution in [0, 0.1) is 20.8 Å². The first-order chi connectivity index (χ1) is 6.11. The lowest BCUT2D eigenvalue weighted by molar-refractivity contribution is 0.936. The highest BCUT2D eigenvalue weighted by molar-refractivity contribution is 5.39. The Balaban J connectivity index is 3.41. The Morgan fingerprint density at radius 1 is 0.846 bits per heavy atom. The second kappa shape index (κ2) is 3.91. The highest BCUT2D eigenvalue weighted by Gasteiger charge is 2.09. The van der Waals surface area contributed by atoms with Crippen LogP contribution >= 0.6 is 0 Å². The van der Waals surface area contributed by atoms with Gasteiger partial charge in [0, 0.05) is 11.4 Å². The summed E-state index contributed by atoms with van der Waals surface area (Å²) in [6, 6.07) is 0. The Bertz CT molecular complexity index is 313. The number of nitrogens with zero attached hydrogens (tertiary/aromatic N) is 1. The molecule has 1 heterocycles. The second-order valence-electron chi connectivity index (χ2n) is 3.57. The van der Waals surface area contributed by atoms with E-state index in [2.05, 4.69) is 39.6 Å². The van der Waals surface area contributed by atoms with Crippen molar-refractivity contribution < 1.29 is 0 Å². The molecule has 0 atom stereocenters. The summed E-state index contributed by atoms with van der Waals surface area (Å²) in [5, 5.41) is 0. The normalized spacial score (nSPS) is 10.5. The van der Waals surface area contributed by atoms with Crippen LogP contribution in [0.25, 0.3) is 0 Å². The zero-order valence-corrected chi connectivity index (χ0v) is 9.36. The van der Waals surface area contributed by atoms with Crippen LogP contribution in [0.15, 0.2) is 0 Å². The third kappa shape index (κ3) is 1.74. The summed E-state index contributed by atoms with van der Waals surface area (Å²) in [5.41, 5.74) is 6.73. The molecule has 0 N–H and O–H groups in total. The summed E-state index contributed by atoms with van der Waals surface area (Å²) >= 11 is 0. The predicted molar refractivity (Wildman–Crippen MR) is 57.2 cm³/mol. The molecule has 0 unspecified atom stereocenters. The van der Waals surface area contributed by atoms with Gasteiger partial charge in [-0.25, -0.2) is 0 Å². The average Bonchev–Trinajstić information content (AvgIpc) is 2.10. The highest BCUT2D eigenvalue weighted by atomic mass is 14.7. The Kier molecular flexibility index (Phi) is 3.07. The maximum absolute atomic E-state index is 4.55. The molecular formula is C12H19N. The fraction of sp³-hybridized carbons (Fsp3) is 0.583. The van der Waals surface area contributed by atoms with Gasteiger partial charge in [0.1, 0.15) is 0 Å². The van der Waals surface area contributed by atoms with Gasteiger partial charge in [-0.05, 0) is 50.3 Å². The van der Waals surface area contributed by atoms with Crippen LogP contribution in [-0.2, 0) is 12.8 Å². The molecule has 0 radical (unpaired) electrons. The van der Waals surface area contributed by atoms with Gasteiger partial charge in [0.2, 0.25) is 0 Å². The minimum Gasteiger partial charge on any atom is -0.258 e. The molecule has 0 saturated carbocycles. The molecule has 0 aromatic carbocycles. The van der Waals surface area contributed by atoms with E-state index in [4.69, 9.17) is 0 Å². The van der Waals surface area contributed by atoms with Crippen molar-refractivity contribution in [1.82, 2.24) is 4.98 Å². The van der Waals surface area contributed by atoms with Crippen LogP contribution in [0.2, 0.25) is 0 Å². The molecule has 0 aliphatic heterocycles. The van der Waals surface area contributed by atoms with Gasteiger partial charge in [-0.2, -0.15) is 0 Å². The van der Waals surface area contributed by atoms with E-state index in [-0.39, 0.29) is 0 Å². The molecule has 0 fully saturated rings. The predicted octanol–water partition coefficient (Wildman–Crippen LogP) is 3.13. The average molecular weight is 177 g/mol. The summed E-state index contributed by atoms with van der Waals surface area (Å²) in [6.07, 6.45) is 2.22. The minimum absolute atomic E-state index is 1.10. The Morgan fingerprint density at radius 3 is 1.85 bits per heavy atom. The number of hydrogen-bond donors (Lipinski definition) is 0. The van der Waals surface area contributed by atoms with Crippen LogP contribution in [0.4, 0.5) is 0 Å². The van der Waals surface area contributed by atoms with Crippen molar-refractivity contribution in [1.29, 1.82) is 0 Å². The van der Waals surface area contributed by atoms with Crippen molar-refractivity contribution in [3.63, 3.8) is 0 Å². The van der Waals surface area contributed by atoms with E-state index in [1.807, 2.05) is 0 Å². The summed E-state index contributed by atoms with van der Waals surface area (Å²) in [6.45, 7) is 10.8. The van der Waals surface area contributed by atoms with Gasteiger partial charge in [0.25, 0.3) is 0 Å². The topological polar surface area (TPSA) is 12.9 Å².